The van der Waals surface area contributed by atoms with E-state index >= 15 is 0 Å². The van der Waals surface area contributed by atoms with Crippen molar-refractivity contribution >= 4 is 23.2 Å². The number of nitriles is 1. The van der Waals surface area contributed by atoms with Gasteiger partial charge in [0.15, 0.2) is 0 Å². The van der Waals surface area contributed by atoms with Gasteiger partial charge in [-0.15, -0.1) is 11.6 Å². The maximum atomic E-state index is 11.3. The normalized spacial score (nSPS) is 11.6. The molecule has 0 aliphatic rings. The zero-order chi connectivity index (χ0) is 12.8. The number of anilines is 1. The van der Waals surface area contributed by atoms with Gasteiger partial charge in [0.25, 0.3) is 0 Å². The second-order valence-corrected chi connectivity index (χ2v) is 3.74. The highest BCUT2D eigenvalue weighted by atomic mass is 35.5. The van der Waals surface area contributed by atoms with Gasteiger partial charge in [-0.1, -0.05) is 6.07 Å². The van der Waals surface area contributed by atoms with Gasteiger partial charge in [0.2, 0.25) is 5.91 Å². The van der Waals surface area contributed by atoms with Crippen molar-refractivity contribution in [3.63, 3.8) is 0 Å². The SMILES string of the molecule is COC(C)c1ccc(C#N)cc1NC(=O)CCl. The Hall–Kier alpha value is -1.57. The first-order chi connectivity index (χ1) is 8.12. The lowest BCUT2D eigenvalue weighted by atomic mass is 10.1. The summed E-state index contributed by atoms with van der Waals surface area (Å²) in [4.78, 5) is 11.3. The monoisotopic (exact) mass is 252 g/mol. The Morgan fingerprint density at radius 2 is 2.35 bits per heavy atom. The van der Waals surface area contributed by atoms with Gasteiger partial charge in [0.05, 0.1) is 17.7 Å². The van der Waals surface area contributed by atoms with Gasteiger partial charge in [-0.2, -0.15) is 5.26 Å². The summed E-state index contributed by atoms with van der Waals surface area (Å²) in [6.07, 6.45) is -0.173. The number of amides is 1. The molecule has 0 aliphatic heterocycles. The van der Waals surface area contributed by atoms with Crippen LogP contribution in [0, 0.1) is 11.3 Å². The van der Waals surface area contributed by atoms with Gasteiger partial charge in [-0.05, 0) is 19.1 Å². The Bertz CT molecular complexity index is 454. The van der Waals surface area contributed by atoms with Crippen molar-refractivity contribution in [3.8, 4) is 6.07 Å². The molecule has 0 saturated carbocycles. The van der Waals surface area contributed by atoms with Crippen LogP contribution in [0.2, 0.25) is 0 Å². The Labute approximate surface area is 105 Å². The second kappa shape index (κ2) is 6.24. The third-order valence-corrected chi connectivity index (χ3v) is 2.61. The molecule has 0 aromatic heterocycles. The summed E-state index contributed by atoms with van der Waals surface area (Å²) in [5.74, 6) is -0.441. The minimum atomic E-state index is -0.314. The van der Waals surface area contributed by atoms with E-state index in [0.717, 1.165) is 5.56 Å². The molecule has 1 N–H and O–H groups in total. The van der Waals surface area contributed by atoms with E-state index < -0.39 is 0 Å². The summed E-state index contributed by atoms with van der Waals surface area (Å²) < 4.78 is 5.20. The molecule has 0 fully saturated rings. The van der Waals surface area contributed by atoms with Gasteiger partial charge in [0.1, 0.15) is 5.88 Å². The van der Waals surface area contributed by atoms with E-state index in [9.17, 15) is 4.79 Å². The highest BCUT2D eigenvalue weighted by Gasteiger charge is 2.12. The number of rotatable bonds is 4. The lowest BCUT2D eigenvalue weighted by Crippen LogP contribution is -2.15. The van der Waals surface area contributed by atoms with Crippen molar-refractivity contribution in [1.29, 1.82) is 5.26 Å². The van der Waals surface area contributed by atoms with Crippen molar-refractivity contribution in [3.05, 3.63) is 29.3 Å². The van der Waals surface area contributed by atoms with E-state index in [2.05, 4.69) is 5.32 Å². The molecule has 90 valence electrons. The summed E-state index contributed by atoms with van der Waals surface area (Å²) in [5, 5.41) is 11.5. The van der Waals surface area contributed by atoms with Crippen LogP contribution in [0.5, 0.6) is 0 Å². The first kappa shape index (κ1) is 13.5. The van der Waals surface area contributed by atoms with Gasteiger partial charge in [-0.3, -0.25) is 4.79 Å². The van der Waals surface area contributed by atoms with Crippen LogP contribution in [0.15, 0.2) is 18.2 Å². The number of nitrogens with zero attached hydrogens (tertiary/aromatic N) is 1. The van der Waals surface area contributed by atoms with Crippen LogP contribution in [-0.2, 0) is 9.53 Å². The summed E-state index contributed by atoms with van der Waals surface area (Å²) in [6.45, 7) is 1.86. The van der Waals surface area contributed by atoms with Crippen molar-refractivity contribution < 1.29 is 9.53 Å². The molecule has 5 heteroatoms. The fourth-order valence-corrected chi connectivity index (χ4v) is 1.47. The Morgan fingerprint density at radius 1 is 1.65 bits per heavy atom. The number of carbonyl (C=O) groups excluding carboxylic acids is 1. The van der Waals surface area contributed by atoms with Crippen LogP contribution in [0.3, 0.4) is 0 Å². The number of hydrogen-bond donors (Lipinski definition) is 1. The quantitative estimate of drug-likeness (QED) is 0.838. The highest BCUT2D eigenvalue weighted by Crippen LogP contribution is 2.26. The lowest BCUT2D eigenvalue weighted by Gasteiger charge is -2.15. The Morgan fingerprint density at radius 3 is 2.88 bits per heavy atom. The number of nitrogens with one attached hydrogen (secondary N) is 1. The molecule has 4 nitrogen and oxygen atoms in total. The first-order valence-corrected chi connectivity index (χ1v) is 5.58. The maximum Gasteiger partial charge on any atom is 0.239 e. The summed E-state index contributed by atoms with van der Waals surface area (Å²) >= 11 is 5.43. The van der Waals surface area contributed by atoms with E-state index in [-0.39, 0.29) is 17.9 Å². The van der Waals surface area contributed by atoms with Gasteiger partial charge in [-0.25, -0.2) is 0 Å². The van der Waals surface area contributed by atoms with Crippen LogP contribution in [0.1, 0.15) is 24.2 Å². The number of methoxy groups -OCH3 is 1. The molecule has 1 unspecified atom stereocenters. The molecule has 1 aromatic carbocycles. The number of ether oxygens (including phenoxy) is 1. The van der Waals surface area contributed by atoms with Crippen molar-refractivity contribution in [2.75, 3.05) is 18.3 Å². The van der Waals surface area contributed by atoms with E-state index in [1.54, 1.807) is 25.3 Å². The Balaban J connectivity index is 3.12. The smallest absolute Gasteiger partial charge is 0.239 e. The minimum Gasteiger partial charge on any atom is -0.377 e. The largest absolute Gasteiger partial charge is 0.377 e. The summed E-state index contributed by atoms with van der Waals surface area (Å²) in [7, 11) is 1.58. The molecule has 0 aliphatic carbocycles. The minimum absolute atomic E-state index is 0.127. The fraction of sp³-hybridized carbons (Fsp3) is 0.333. The van der Waals surface area contributed by atoms with Crippen LogP contribution < -0.4 is 5.32 Å². The highest BCUT2D eigenvalue weighted by molar-refractivity contribution is 6.29. The second-order valence-electron chi connectivity index (χ2n) is 3.47. The van der Waals surface area contributed by atoms with Gasteiger partial charge in [0, 0.05) is 18.4 Å². The average Bonchev–Trinajstić information content (AvgIpc) is 2.37. The van der Waals surface area contributed by atoms with E-state index in [1.807, 2.05) is 13.0 Å². The Kier molecular flexibility index (Phi) is 4.95. The number of carbonyl (C=O) groups is 1. The van der Waals surface area contributed by atoms with Gasteiger partial charge >= 0.3 is 0 Å². The standard InChI is InChI=1S/C12H13ClN2O2/c1-8(17-2)10-4-3-9(7-14)5-11(10)15-12(16)6-13/h3-5,8H,6H2,1-2H3,(H,15,16). The maximum absolute atomic E-state index is 11.3. The molecule has 1 atom stereocenters. The van der Waals surface area contributed by atoms with Crippen LogP contribution >= 0.6 is 11.6 Å². The molecule has 17 heavy (non-hydrogen) atoms. The topological polar surface area (TPSA) is 62.1 Å². The third kappa shape index (κ3) is 3.45. The molecule has 0 spiro atoms. The molecule has 0 radical (unpaired) electrons. The van der Waals surface area contributed by atoms with E-state index in [0.29, 0.717) is 11.3 Å². The van der Waals surface area contributed by atoms with Gasteiger partial charge < -0.3 is 10.1 Å². The molecule has 1 aromatic rings. The van der Waals surface area contributed by atoms with Crippen LogP contribution in [0.4, 0.5) is 5.69 Å². The predicted octanol–water partition coefficient (Wildman–Crippen LogP) is 2.44. The van der Waals surface area contributed by atoms with Crippen molar-refractivity contribution in [2.24, 2.45) is 0 Å². The molecule has 1 amide bonds. The molecular formula is C12H13ClN2O2. The summed E-state index contributed by atoms with van der Waals surface area (Å²) in [5.41, 5.74) is 1.84. The molecule has 0 heterocycles. The zero-order valence-electron chi connectivity index (χ0n) is 9.66. The van der Waals surface area contributed by atoms with Crippen molar-refractivity contribution in [1.82, 2.24) is 0 Å². The molecule has 1 rings (SSSR count). The lowest BCUT2D eigenvalue weighted by molar-refractivity contribution is -0.113. The number of hydrogen-bond acceptors (Lipinski definition) is 3. The van der Waals surface area contributed by atoms with E-state index in [1.165, 1.54) is 0 Å². The zero-order valence-corrected chi connectivity index (χ0v) is 10.4. The third-order valence-electron chi connectivity index (χ3n) is 2.37. The summed E-state index contributed by atoms with van der Waals surface area (Å²) in [6, 6.07) is 7.07. The molecular weight excluding hydrogens is 240 g/mol. The number of halogens is 1. The first-order valence-electron chi connectivity index (χ1n) is 5.05. The van der Waals surface area contributed by atoms with Crippen molar-refractivity contribution in [2.45, 2.75) is 13.0 Å². The van der Waals surface area contributed by atoms with E-state index in [4.69, 9.17) is 21.6 Å². The molecule has 0 bridgehead atoms. The fourth-order valence-electron chi connectivity index (χ4n) is 1.40. The number of benzene rings is 1. The van der Waals surface area contributed by atoms with Crippen LogP contribution in [-0.4, -0.2) is 18.9 Å². The van der Waals surface area contributed by atoms with Crippen LogP contribution in [0.25, 0.3) is 0 Å². The molecule has 0 saturated heterocycles. The number of alkyl halides is 1. The predicted molar refractivity (Wildman–Crippen MR) is 65.9 cm³/mol. The average molecular weight is 253 g/mol.